The molecule has 16 heavy (non-hydrogen) atoms. The molecular formula is C12H26N2O2. The number of rotatable bonds is 9. The van der Waals surface area contributed by atoms with E-state index in [4.69, 9.17) is 4.74 Å². The Balaban J connectivity index is 3.56. The lowest BCUT2D eigenvalue weighted by molar-refractivity contribution is -0.121. The summed E-state index contributed by atoms with van der Waals surface area (Å²) < 4.78 is 4.95. The third kappa shape index (κ3) is 8.68. The largest absolute Gasteiger partial charge is 0.383 e. The zero-order valence-corrected chi connectivity index (χ0v) is 11.0. The Morgan fingerprint density at radius 3 is 2.56 bits per heavy atom. The third-order valence-corrected chi connectivity index (χ3v) is 2.43. The van der Waals surface area contributed by atoms with Crippen LogP contribution in [0.2, 0.25) is 0 Å². The number of ether oxygens (including phenoxy) is 1. The van der Waals surface area contributed by atoms with Crippen molar-refractivity contribution in [3.63, 3.8) is 0 Å². The Morgan fingerprint density at radius 1 is 1.31 bits per heavy atom. The van der Waals surface area contributed by atoms with Gasteiger partial charge in [0.05, 0.1) is 13.2 Å². The van der Waals surface area contributed by atoms with Crippen LogP contribution in [0.1, 0.15) is 40.0 Å². The summed E-state index contributed by atoms with van der Waals surface area (Å²) in [7, 11) is 1.63. The molecule has 0 aromatic heterocycles. The highest BCUT2D eigenvalue weighted by Crippen LogP contribution is 1.98. The summed E-state index contributed by atoms with van der Waals surface area (Å²) in [5, 5.41) is 6.08. The maximum Gasteiger partial charge on any atom is 0.234 e. The molecule has 4 nitrogen and oxygen atoms in total. The number of methoxy groups -OCH3 is 1. The molecule has 2 N–H and O–H groups in total. The lowest BCUT2D eigenvalue weighted by Gasteiger charge is -2.16. The number of nitrogens with one attached hydrogen (secondary N) is 2. The number of amides is 1. The molecule has 0 aromatic carbocycles. The topological polar surface area (TPSA) is 50.4 Å². The van der Waals surface area contributed by atoms with Crippen molar-refractivity contribution in [2.45, 2.75) is 52.1 Å². The fraction of sp³-hybridized carbons (Fsp3) is 0.917. The quantitative estimate of drug-likeness (QED) is 0.628. The molecule has 0 aliphatic heterocycles. The van der Waals surface area contributed by atoms with Gasteiger partial charge < -0.3 is 15.4 Å². The van der Waals surface area contributed by atoms with E-state index in [0.717, 1.165) is 6.42 Å². The highest BCUT2D eigenvalue weighted by Gasteiger charge is 2.08. The van der Waals surface area contributed by atoms with E-state index in [0.29, 0.717) is 19.2 Å². The molecule has 0 rings (SSSR count). The van der Waals surface area contributed by atoms with Crippen LogP contribution in [-0.4, -0.2) is 38.3 Å². The van der Waals surface area contributed by atoms with E-state index >= 15 is 0 Å². The van der Waals surface area contributed by atoms with Crippen molar-refractivity contribution < 1.29 is 9.53 Å². The molecular weight excluding hydrogens is 204 g/mol. The van der Waals surface area contributed by atoms with Gasteiger partial charge in [-0.25, -0.2) is 0 Å². The first-order chi connectivity index (χ1) is 7.60. The van der Waals surface area contributed by atoms with Crippen molar-refractivity contribution in [1.29, 1.82) is 0 Å². The second kappa shape index (κ2) is 9.60. The second-order valence-electron chi connectivity index (χ2n) is 4.35. The zero-order valence-electron chi connectivity index (χ0n) is 11.0. The van der Waals surface area contributed by atoms with Gasteiger partial charge in [-0.3, -0.25) is 4.79 Å². The van der Waals surface area contributed by atoms with Crippen molar-refractivity contribution in [1.82, 2.24) is 10.6 Å². The summed E-state index contributed by atoms with van der Waals surface area (Å²) in [4.78, 5) is 11.5. The number of carbonyl (C=O) groups excluding carboxylic acids is 1. The van der Waals surface area contributed by atoms with Crippen LogP contribution < -0.4 is 10.6 Å². The summed E-state index contributed by atoms with van der Waals surface area (Å²) in [6, 6.07) is 0.480. The summed E-state index contributed by atoms with van der Waals surface area (Å²) >= 11 is 0. The zero-order chi connectivity index (χ0) is 12.4. The van der Waals surface area contributed by atoms with Gasteiger partial charge in [0.1, 0.15) is 0 Å². The first kappa shape index (κ1) is 15.4. The molecule has 0 heterocycles. The van der Waals surface area contributed by atoms with Crippen LogP contribution in [0.4, 0.5) is 0 Å². The predicted molar refractivity (Wildman–Crippen MR) is 66.5 cm³/mol. The van der Waals surface area contributed by atoms with Crippen LogP contribution in [0, 0.1) is 0 Å². The molecule has 0 bridgehead atoms. The minimum Gasteiger partial charge on any atom is -0.383 e. The van der Waals surface area contributed by atoms with Gasteiger partial charge in [0.25, 0.3) is 0 Å². The van der Waals surface area contributed by atoms with Gasteiger partial charge in [-0.1, -0.05) is 19.8 Å². The fourth-order valence-corrected chi connectivity index (χ4v) is 1.50. The maximum absolute atomic E-state index is 11.5. The molecule has 2 unspecified atom stereocenters. The normalized spacial score (nSPS) is 14.5. The van der Waals surface area contributed by atoms with Gasteiger partial charge in [0.2, 0.25) is 5.91 Å². The van der Waals surface area contributed by atoms with E-state index in [2.05, 4.69) is 24.5 Å². The first-order valence-corrected chi connectivity index (χ1v) is 6.11. The molecule has 0 radical (unpaired) electrons. The average Bonchev–Trinajstić information content (AvgIpc) is 2.23. The number of hydrogen-bond acceptors (Lipinski definition) is 3. The number of unbranched alkanes of at least 4 members (excludes halogenated alkanes) is 1. The van der Waals surface area contributed by atoms with Crippen molar-refractivity contribution in [3.05, 3.63) is 0 Å². The summed E-state index contributed by atoms with van der Waals surface area (Å²) in [5.41, 5.74) is 0. The molecule has 0 saturated carbocycles. The monoisotopic (exact) mass is 230 g/mol. The van der Waals surface area contributed by atoms with Crippen LogP contribution in [0.15, 0.2) is 0 Å². The maximum atomic E-state index is 11.5. The average molecular weight is 230 g/mol. The number of carbonyl (C=O) groups is 1. The summed E-state index contributed by atoms with van der Waals surface area (Å²) in [5.74, 6) is 0.0351. The predicted octanol–water partition coefficient (Wildman–Crippen LogP) is 1.31. The van der Waals surface area contributed by atoms with Crippen LogP contribution >= 0.6 is 0 Å². The van der Waals surface area contributed by atoms with E-state index in [-0.39, 0.29) is 11.9 Å². The van der Waals surface area contributed by atoms with E-state index in [1.54, 1.807) is 7.11 Å². The fourth-order valence-electron chi connectivity index (χ4n) is 1.50. The minimum atomic E-state index is 0.0351. The van der Waals surface area contributed by atoms with Crippen molar-refractivity contribution in [2.24, 2.45) is 0 Å². The molecule has 0 aliphatic carbocycles. The first-order valence-electron chi connectivity index (χ1n) is 6.11. The Labute approximate surface area is 99.1 Å². The lowest BCUT2D eigenvalue weighted by atomic mass is 10.1. The Hall–Kier alpha value is -0.610. The SMILES string of the molecule is CCCCC(C)NCC(=O)NC(C)COC. The Kier molecular flexibility index (Phi) is 9.24. The second-order valence-corrected chi connectivity index (χ2v) is 4.35. The molecule has 0 fully saturated rings. The van der Waals surface area contributed by atoms with Gasteiger partial charge in [0, 0.05) is 19.2 Å². The van der Waals surface area contributed by atoms with Gasteiger partial charge in [0.15, 0.2) is 0 Å². The highest BCUT2D eigenvalue weighted by atomic mass is 16.5. The van der Waals surface area contributed by atoms with E-state index < -0.39 is 0 Å². The van der Waals surface area contributed by atoms with Gasteiger partial charge in [-0.2, -0.15) is 0 Å². The molecule has 1 amide bonds. The molecule has 4 heteroatoms. The molecule has 96 valence electrons. The third-order valence-electron chi connectivity index (χ3n) is 2.43. The minimum absolute atomic E-state index is 0.0351. The van der Waals surface area contributed by atoms with Crippen molar-refractivity contribution in [3.8, 4) is 0 Å². The van der Waals surface area contributed by atoms with Crippen molar-refractivity contribution >= 4 is 5.91 Å². The molecule has 0 saturated heterocycles. The molecule has 2 atom stereocenters. The Morgan fingerprint density at radius 2 is 2.00 bits per heavy atom. The van der Waals surface area contributed by atoms with Gasteiger partial charge in [-0.15, -0.1) is 0 Å². The number of hydrogen-bond donors (Lipinski definition) is 2. The van der Waals surface area contributed by atoms with Crippen LogP contribution in [0.5, 0.6) is 0 Å². The summed E-state index contributed by atoms with van der Waals surface area (Å²) in [6.45, 7) is 7.16. The molecule has 0 aliphatic rings. The lowest BCUT2D eigenvalue weighted by Crippen LogP contribution is -2.43. The highest BCUT2D eigenvalue weighted by molar-refractivity contribution is 5.78. The van der Waals surface area contributed by atoms with Crippen LogP contribution in [0.3, 0.4) is 0 Å². The van der Waals surface area contributed by atoms with E-state index in [1.165, 1.54) is 12.8 Å². The van der Waals surface area contributed by atoms with E-state index in [9.17, 15) is 4.79 Å². The van der Waals surface area contributed by atoms with Gasteiger partial charge in [-0.05, 0) is 20.3 Å². The summed E-state index contributed by atoms with van der Waals surface area (Å²) in [6.07, 6.45) is 3.52. The standard InChI is InChI=1S/C12H26N2O2/c1-5-6-7-10(2)13-8-12(15)14-11(3)9-16-4/h10-11,13H,5-9H2,1-4H3,(H,14,15). The molecule has 0 aromatic rings. The van der Waals surface area contributed by atoms with Crippen LogP contribution in [-0.2, 0) is 9.53 Å². The van der Waals surface area contributed by atoms with Gasteiger partial charge >= 0.3 is 0 Å². The Bertz CT molecular complexity index is 186. The molecule has 0 spiro atoms. The van der Waals surface area contributed by atoms with Crippen molar-refractivity contribution in [2.75, 3.05) is 20.3 Å². The van der Waals surface area contributed by atoms with E-state index in [1.807, 2.05) is 6.92 Å². The smallest absolute Gasteiger partial charge is 0.234 e. The van der Waals surface area contributed by atoms with Crippen LogP contribution in [0.25, 0.3) is 0 Å².